The van der Waals surface area contributed by atoms with E-state index in [0.29, 0.717) is 12.2 Å². The summed E-state index contributed by atoms with van der Waals surface area (Å²) in [5.74, 6) is -0.884. The highest BCUT2D eigenvalue weighted by molar-refractivity contribution is 6.22. The fourth-order valence-corrected chi connectivity index (χ4v) is 3.30. The van der Waals surface area contributed by atoms with E-state index in [1.165, 1.54) is 24.3 Å². The molecule has 0 radical (unpaired) electrons. The number of rotatable bonds is 6. The maximum Gasteiger partial charge on any atom is 0.251 e. The lowest BCUT2D eigenvalue weighted by Gasteiger charge is -2.32. The number of likely N-dealkylation sites (N-methyl/N-ethyl adjacent to an activating group) is 1. The van der Waals surface area contributed by atoms with Gasteiger partial charge in [-0.2, -0.15) is 0 Å². The summed E-state index contributed by atoms with van der Waals surface area (Å²) in [5, 5.41) is 3.20. The Morgan fingerprint density at radius 1 is 1.12 bits per heavy atom. The van der Waals surface area contributed by atoms with Crippen molar-refractivity contribution in [3.63, 3.8) is 0 Å². The summed E-state index contributed by atoms with van der Waals surface area (Å²) in [4.78, 5) is 30.5. The molecule has 2 saturated heterocycles. The molecule has 25 heavy (non-hydrogen) atoms. The molecule has 2 heterocycles. The van der Waals surface area contributed by atoms with Gasteiger partial charge in [0.05, 0.1) is 18.2 Å². The van der Waals surface area contributed by atoms with E-state index in [2.05, 4.69) is 22.2 Å². The van der Waals surface area contributed by atoms with Crippen LogP contribution in [-0.4, -0.2) is 74.0 Å². The molecule has 2 amide bonds. The first-order valence-corrected chi connectivity index (χ1v) is 8.81. The quantitative estimate of drug-likeness (QED) is 0.605. The second kappa shape index (κ2) is 8.03. The molecule has 0 bridgehead atoms. The number of imide groups is 1. The summed E-state index contributed by atoms with van der Waals surface area (Å²) in [6.07, 6.45) is 1.10. The lowest BCUT2D eigenvalue weighted by molar-refractivity contribution is -0.121. The Balaban J connectivity index is 1.45. The van der Waals surface area contributed by atoms with E-state index >= 15 is 0 Å². The smallest absolute Gasteiger partial charge is 0.251 e. The summed E-state index contributed by atoms with van der Waals surface area (Å²) < 4.78 is 13.0. The highest BCUT2D eigenvalue weighted by Gasteiger charge is 2.39. The Hall–Kier alpha value is -1.83. The van der Waals surface area contributed by atoms with Crippen LogP contribution in [-0.2, 0) is 9.59 Å². The van der Waals surface area contributed by atoms with Crippen LogP contribution < -0.4 is 10.2 Å². The highest BCUT2D eigenvalue weighted by Crippen LogP contribution is 2.23. The van der Waals surface area contributed by atoms with Crippen LogP contribution in [0.15, 0.2) is 24.3 Å². The third-order valence-corrected chi connectivity index (χ3v) is 4.87. The first kappa shape index (κ1) is 18.0. The molecule has 1 aromatic rings. The monoisotopic (exact) mass is 348 g/mol. The van der Waals surface area contributed by atoms with Crippen LogP contribution in [0.4, 0.5) is 10.1 Å². The standard InChI is InChI=1S/C18H25FN4O2/c1-21-9-11-22(12-10-21)8-2-7-20-16-13-17(24)23(18(16)25)15-5-3-14(19)4-6-15/h3-6,16,20H,2,7-13H2,1H3. The van der Waals surface area contributed by atoms with Crippen LogP contribution in [0, 0.1) is 5.82 Å². The zero-order chi connectivity index (χ0) is 17.8. The van der Waals surface area contributed by atoms with Crippen molar-refractivity contribution >= 4 is 17.5 Å². The Morgan fingerprint density at radius 3 is 2.48 bits per heavy atom. The lowest BCUT2D eigenvalue weighted by atomic mass is 10.2. The summed E-state index contributed by atoms with van der Waals surface area (Å²) in [7, 11) is 2.13. The van der Waals surface area contributed by atoms with Crippen LogP contribution >= 0.6 is 0 Å². The fourth-order valence-electron chi connectivity index (χ4n) is 3.30. The molecule has 136 valence electrons. The molecule has 1 N–H and O–H groups in total. The van der Waals surface area contributed by atoms with E-state index in [1.54, 1.807) is 0 Å². The number of nitrogens with one attached hydrogen (secondary N) is 1. The van der Waals surface area contributed by atoms with Gasteiger partial charge in [-0.25, -0.2) is 9.29 Å². The van der Waals surface area contributed by atoms with Gasteiger partial charge in [-0.15, -0.1) is 0 Å². The number of piperazine rings is 1. The number of hydrogen-bond acceptors (Lipinski definition) is 5. The molecule has 3 rings (SSSR count). The molecule has 0 aromatic heterocycles. The summed E-state index contributed by atoms with van der Waals surface area (Å²) in [5.41, 5.74) is 0.429. The lowest BCUT2D eigenvalue weighted by Crippen LogP contribution is -2.45. The van der Waals surface area contributed by atoms with E-state index in [4.69, 9.17) is 0 Å². The van der Waals surface area contributed by atoms with Gasteiger partial charge >= 0.3 is 0 Å². The molecule has 2 aliphatic heterocycles. The number of nitrogens with zero attached hydrogens (tertiary/aromatic N) is 3. The molecule has 6 nitrogen and oxygen atoms in total. The van der Waals surface area contributed by atoms with E-state index in [0.717, 1.165) is 44.0 Å². The Kier molecular flexibility index (Phi) is 5.78. The first-order valence-electron chi connectivity index (χ1n) is 8.81. The SMILES string of the molecule is CN1CCN(CCCNC2CC(=O)N(c3ccc(F)cc3)C2=O)CC1. The fraction of sp³-hybridized carbons (Fsp3) is 0.556. The van der Waals surface area contributed by atoms with Crippen molar-refractivity contribution in [1.29, 1.82) is 0 Å². The van der Waals surface area contributed by atoms with E-state index in [-0.39, 0.29) is 24.1 Å². The minimum Gasteiger partial charge on any atom is -0.305 e. The van der Waals surface area contributed by atoms with Gasteiger partial charge in [0, 0.05) is 26.2 Å². The molecular formula is C18H25FN4O2. The van der Waals surface area contributed by atoms with Gasteiger partial charge in [-0.1, -0.05) is 0 Å². The zero-order valence-corrected chi connectivity index (χ0v) is 14.6. The number of carbonyl (C=O) groups is 2. The van der Waals surface area contributed by atoms with Crippen LogP contribution in [0.3, 0.4) is 0 Å². The third kappa shape index (κ3) is 4.42. The topological polar surface area (TPSA) is 55.9 Å². The largest absolute Gasteiger partial charge is 0.305 e. The van der Waals surface area contributed by atoms with Crippen molar-refractivity contribution in [2.45, 2.75) is 18.9 Å². The third-order valence-electron chi connectivity index (χ3n) is 4.87. The van der Waals surface area contributed by atoms with Gasteiger partial charge in [-0.3, -0.25) is 9.59 Å². The Bertz CT molecular complexity index is 614. The van der Waals surface area contributed by atoms with Crippen molar-refractivity contribution < 1.29 is 14.0 Å². The van der Waals surface area contributed by atoms with Crippen LogP contribution in [0.5, 0.6) is 0 Å². The van der Waals surface area contributed by atoms with Crippen molar-refractivity contribution in [2.24, 2.45) is 0 Å². The minimum atomic E-state index is -0.481. The molecule has 1 unspecified atom stereocenters. The van der Waals surface area contributed by atoms with Crippen molar-refractivity contribution in [3.8, 4) is 0 Å². The maximum atomic E-state index is 13.0. The summed E-state index contributed by atoms with van der Waals surface area (Å²) in [6, 6.07) is 4.95. The van der Waals surface area contributed by atoms with Crippen molar-refractivity contribution in [1.82, 2.24) is 15.1 Å². The number of halogens is 1. The minimum absolute atomic E-state index is 0.157. The van der Waals surface area contributed by atoms with Crippen LogP contribution in [0.25, 0.3) is 0 Å². The van der Waals surface area contributed by atoms with Gasteiger partial charge in [0.15, 0.2) is 0 Å². The van der Waals surface area contributed by atoms with Gasteiger partial charge in [0.25, 0.3) is 5.91 Å². The normalized spacial score (nSPS) is 22.8. The van der Waals surface area contributed by atoms with Crippen molar-refractivity contribution in [3.05, 3.63) is 30.1 Å². The molecule has 0 aliphatic carbocycles. The maximum absolute atomic E-state index is 13.0. The molecule has 2 aliphatic rings. The summed E-state index contributed by atoms with van der Waals surface area (Å²) >= 11 is 0. The molecule has 1 aromatic carbocycles. The summed E-state index contributed by atoms with van der Waals surface area (Å²) in [6.45, 7) is 6.04. The number of hydrogen-bond donors (Lipinski definition) is 1. The predicted octanol–water partition coefficient (Wildman–Crippen LogP) is 0.685. The van der Waals surface area contributed by atoms with Crippen LogP contribution in [0.2, 0.25) is 0 Å². The van der Waals surface area contributed by atoms with E-state index in [1.807, 2.05) is 0 Å². The van der Waals surface area contributed by atoms with E-state index < -0.39 is 6.04 Å². The second-order valence-corrected chi connectivity index (χ2v) is 6.75. The van der Waals surface area contributed by atoms with Gasteiger partial charge in [0.1, 0.15) is 5.82 Å². The first-order chi connectivity index (χ1) is 12.0. The number of carbonyl (C=O) groups excluding carboxylic acids is 2. The Morgan fingerprint density at radius 2 is 1.80 bits per heavy atom. The highest BCUT2D eigenvalue weighted by atomic mass is 19.1. The average molecular weight is 348 g/mol. The second-order valence-electron chi connectivity index (χ2n) is 6.75. The molecule has 0 spiro atoms. The number of anilines is 1. The van der Waals surface area contributed by atoms with Gasteiger partial charge in [-0.05, 0) is 50.8 Å². The van der Waals surface area contributed by atoms with Gasteiger partial charge in [0.2, 0.25) is 5.91 Å². The molecule has 0 saturated carbocycles. The van der Waals surface area contributed by atoms with Gasteiger partial charge < -0.3 is 15.1 Å². The van der Waals surface area contributed by atoms with E-state index in [9.17, 15) is 14.0 Å². The molecule has 2 fully saturated rings. The Labute approximate surface area is 147 Å². The van der Waals surface area contributed by atoms with Crippen molar-refractivity contribution in [2.75, 3.05) is 51.2 Å². The van der Waals surface area contributed by atoms with Crippen LogP contribution in [0.1, 0.15) is 12.8 Å². The molecular weight excluding hydrogens is 323 g/mol. The molecule has 7 heteroatoms. The average Bonchev–Trinajstić information content (AvgIpc) is 2.88. The molecule has 1 atom stereocenters. The number of benzene rings is 1. The predicted molar refractivity (Wildman–Crippen MR) is 93.9 cm³/mol. The number of amides is 2. The zero-order valence-electron chi connectivity index (χ0n) is 14.6.